The number of nitrogens with two attached hydrogens (primary N) is 2. The van der Waals surface area contributed by atoms with Crippen LogP contribution in [0.5, 0.6) is 0 Å². The molecule has 1 aliphatic heterocycles. The number of nitrogens with zero attached hydrogens (tertiary/aromatic N) is 1. The average Bonchev–Trinajstić information content (AvgIpc) is 2.74. The fraction of sp³-hybridized carbons (Fsp3) is 0.214. The minimum absolute atomic E-state index is 0.0485. The summed E-state index contributed by atoms with van der Waals surface area (Å²) in [5, 5.41) is 0.449. The van der Waals surface area contributed by atoms with Gasteiger partial charge in [-0.1, -0.05) is 0 Å². The second kappa shape index (κ2) is 4.34. The molecule has 1 fully saturated rings. The van der Waals surface area contributed by atoms with Gasteiger partial charge in [0, 0.05) is 30.0 Å². The molecule has 7 nitrogen and oxygen atoms in total. The van der Waals surface area contributed by atoms with Crippen LogP contribution in [0.3, 0.4) is 0 Å². The molecule has 7 heteroatoms. The molecule has 0 atom stereocenters. The second-order valence-corrected chi connectivity index (χ2v) is 4.96. The number of anilines is 3. The van der Waals surface area contributed by atoms with Crippen LogP contribution in [0.2, 0.25) is 0 Å². The summed E-state index contributed by atoms with van der Waals surface area (Å²) in [5.74, 6) is -0.618. The van der Waals surface area contributed by atoms with E-state index in [9.17, 15) is 14.4 Å². The van der Waals surface area contributed by atoms with Gasteiger partial charge in [-0.2, -0.15) is 0 Å². The molecular formula is C14H13N3O4. The Kier molecular flexibility index (Phi) is 2.72. The molecule has 4 N–H and O–H groups in total. The summed E-state index contributed by atoms with van der Waals surface area (Å²) < 4.78 is 5.11. The Morgan fingerprint density at radius 1 is 1.10 bits per heavy atom. The number of aryl methyl sites for hydroxylation is 1. The lowest BCUT2D eigenvalue weighted by atomic mass is 10.1. The van der Waals surface area contributed by atoms with Crippen LogP contribution in [-0.2, 0) is 9.59 Å². The van der Waals surface area contributed by atoms with Crippen molar-refractivity contribution in [3.63, 3.8) is 0 Å². The van der Waals surface area contributed by atoms with Crippen molar-refractivity contribution in [2.75, 3.05) is 16.4 Å². The molecule has 0 radical (unpaired) electrons. The van der Waals surface area contributed by atoms with E-state index in [-0.39, 0.29) is 41.6 Å². The first-order valence-electron chi connectivity index (χ1n) is 6.38. The van der Waals surface area contributed by atoms with Crippen molar-refractivity contribution < 1.29 is 14.0 Å². The zero-order chi connectivity index (χ0) is 15.3. The molecular weight excluding hydrogens is 274 g/mol. The lowest BCUT2D eigenvalue weighted by molar-refractivity contribution is -0.121. The maximum atomic E-state index is 11.9. The summed E-state index contributed by atoms with van der Waals surface area (Å²) in [6.45, 7) is 1.64. The minimum atomic E-state index is -0.671. The molecule has 0 unspecified atom stereocenters. The first kappa shape index (κ1) is 13.2. The van der Waals surface area contributed by atoms with Gasteiger partial charge in [-0.15, -0.1) is 0 Å². The normalized spacial score (nSPS) is 15.2. The lowest BCUT2D eigenvalue weighted by Gasteiger charge is -2.18. The highest BCUT2D eigenvalue weighted by molar-refractivity contribution is 6.23. The Morgan fingerprint density at radius 3 is 2.33 bits per heavy atom. The summed E-state index contributed by atoms with van der Waals surface area (Å²) in [5.41, 5.74) is 12.0. The molecule has 108 valence electrons. The Bertz CT molecular complexity index is 837. The van der Waals surface area contributed by atoms with E-state index in [2.05, 4.69) is 0 Å². The molecule has 2 heterocycles. The first-order chi connectivity index (χ1) is 9.90. The number of carbonyl (C=O) groups is 2. The van der Waals surface area contributed by atoms with E-state index in [1.54, 1.807) is 6.92 Å². The van der Waals surface area contributed by atoms with Crippen molar-refractivity contribution in [2.24, 2.45) is 0 Å². The van der Waals surface area contributed by atoms with E-state index in [0.29, 0.717) is 16.6 Å². The van der Waals surface area contributed by atoms with Gasteiger partial charge in [-0.3, -0.25) is 9.59 Å². The first-order valence-corrected chi connectivity index (χ1v) is 6.38. The summed E-state index contributed by atoms with van der Waals surface area (Å²) in [6.07, 6.45) is 0.306. The van der Waals surface area contributed by atoms with Gasteiger partial charge in [0.1, 0.15) is 11.3 Å². The van der Waals surface area contributed by atoms with Gasteiger partial charge in [0.2, 0.25) is 11.8 Å². The van der Waals surface area contributed by atoms with Crippen LogP contribution < -0.4 is 22.0 Å². The Balaban J connectivity index is 2.42. The number of amides is 2. The van der Waals surface area contributed by atoms with Crippen LogP contribution in [0, 0.1) is 6.92 Å². The molecule has 1 saturated heterocycles. The third kappa shape index (κ3) is 1.85. The van der Waals surface area contributed by atoms with Gasteiger partial charge in [0.15, 0.2) is 0 Å². The van der Waals surface area contributed by atoms with E-state index in [1.807, 2.05) is 0 Å². The smallest absolute Gasteiger partial charge is 0.359 e. The fourth-order valence-electron chi connectivity index (χ4n) is 2.54. The highest BCUT2D eigenvalue weighted by Gasteiger charge is 2.32. The van der Waals surface area contributed by atoms with Crippen LogP contribution in [0.15, 0.2) is 21.3 Å². The molecule has 21 heavy (non-hydrogen) atoms. The fourth-order valence-corrected chi connectivity index (χ4v) is 2.54. The highest BCUT2D eigenvalue weighted by Crippen LogP contribution is 2.35. The molecule has 0 bridgehead atoms. The van der Waals surface area contributed by atoms with Crippen LogP contribution in [0.4, 0.5) is 17.1 Å². The molecule has 1 aliphatic rings. The predicted octanol–water partition coefficient (Wildman–Crippen LogP) is 0.919. The maximum Gasteiger partial charge on any atom is 0.359 e. The topological polar surface area (TPSA) is 120 Å². The highest BCUT2D eigenvalue weighted by atomic mass is 16.4. The predicted molar refractivity (Wildman–Crippen MR) is 77.8 cm³/mol. The van der Waals surface area contributed by atoms with Crippen molar-refractivity contribution in [3.05, 3.63) is 28.1 Å². The Hall–Kier alpha value is -2.83. The van der Waals surface area contributed by atoms with Crippen molar-refractivity contribution in [2.45, 2.75) is 19.8 Å². The number of nitrogen functional groups attached to an aromatic ring is 2. The standard InChI is InChI=1S/C14H13N3O4/c1-6-12-8(17-10(18)2-3-11(17)19)4-7(15)5-9(12)21-14(20)13(6)16/h4-5H,2-3,15-16H2,1H3. The van der Waals surface area contributed by atoms with E-state index < -0.39 is 5.63 Å². The molecule has 0 saturated carbocycles. The number of rotatable bonds is 1. The number of hydrogen-bond acceptors (Lipinski definition) is 6. The van der Waals surface area contributed by atoms with E-state index in [0.717, 1.165) is 4.90 Å². The molecule has 2 amide bonds. The van der Waals surface area contributed by atoms with Crippen molar-refractivity contribution >= 4 is 39.8 Å². The number of carbonyl (C=O) groups excluding carboxylic acids is 2. The molecule has 0 spiro atoms. The monoisotopic (exact) mass is 287 g/mol. The van der Waals surface area contributed by atoms with E-state index in [1.165, 1.54) is 12.1 Å². The molecule has 1 aromatic carbocycles. The SMILES string of the molecule is Cc1c(N)c(=O)oc2cc(N)cc(N3C(=O)CCC3=O)c12. The number of benzene rings is 1. The van der Waals surface area contributed by atoms with Gasteiger partial charge in [-0.25, -0.2) is 9.69 Å². The summed E-state index contributed by atoms with van der Waals surface area (Å²) >= 11 is 0. The van der Waals surface area contributed by atoms with Gasteiger partial charge in [-0.05, 0) is 18.6 Å². The van der Waals surface area contributed by atoms with Gasteiger partial charge < -0.3 is 15.9 Å². The van der Waals surface area contributed by atoms with Crippen LogP contribution in [-0.4, -0.2) is 11.8 Å². The third-order valence-corrected chi connectivity index (χ3v) is 3.60. The third-order valence-electron chi connectivity index (χ3n) is 3.60. The number of imide groups is 1. The van der Waals surface area contributed by atoms with E-state index >= 15 is 0 Å². The average molecular weight is 287 g/mol. The van der Waals surface area contributed by atoms with Crippen molar-refractivity contribution in [1.29, 1.82) is 0 Å². The van der Waals surface area contributed by atoms with E-state index in [4.69, 9.17) is 15.9 Å². The molecule has 1 aromatic heterocycles. The Labute approximate surface area is 119 Å². The Morgan fingerprint density at radius 2 is 1.71 bits per heavy atom. The molecule has 2 aromatic rings. The minimum Gasteiger partial charge on any atom is -0.421 e. The summed E-state index contributed by atoms with van der Waals surface area (Å²) in [4.78, 5) is 36.6. The van der Waals surface area contributed by atoms with Crippen LogP contribution in [0.1, 0.15) is 18.4 Å². The molecule has 3 rings (SSSR count). The van der Waals surface area contributed by atoms with Gasteiger partial charge >= 0.3 is 5.63 Å². The van der Waals surface area contributed by atoms with Crippen LogP contribution >= 0.6 is 0 Å². The zero-order valence-electron chi connectivity index (χ0n) is 11.3. The van der Waals surface area contributed by atoms with Crippen molar-refractivity contribution in [1.82, 2.24) is 0 Å². The summed E-state index contributed by atoms with van der Waals surface area (Å²) in [6, 6.07) is 2.98. The largest absolute Gasteiger partial charge is 0.421 e. The number of hydrogen-bond donors (Lipinski definition) is 2. The van der Waals surface area contributed by atoms with Gasteiger partial charge in [0.25, 0.3) is 0 Å². The number of fused-ring (bicyclic) bond motifs is 1. The summed E-state index contributed by atoms with van der Waals surface area (Å²) in [7, 11) is 0. The maximum absolute atomic E-state index is 11.9. The zero-order valence-corrected chi connectivity index (χ0v) is 11.3. The van der Waals surface area contributed by atoms with Crippen molar-refractivity contribution in [3.8, 4) is 0 Å². The van der Waals surface area contributed by atoms with Gasteiger partial charge in [0.05, 0.1) is 5.69 Å². The second-order valence-electron chi connectivity index (χ2n) is 4.96. The lowest BCUT2D eigenvalue weighted by Crippen LogP contribution is -2.29. The quantitative estimate of drug-likeness (QED) is 0.457. The molecule has 0 aliphatic carbocycles. The van der Waals surface area contributed by atoms with Crippen LogP contribution in [0.25, 0.3) is 11.0 Å².